The van der Waals surface area contributed by atoms with Gasteiger partial charge in [-0.25, -0.2) is 0 Å². The first-order chi connectivity index (χ1) is 9.79. The third-order valence-electron chi connectivity index (χ3n) is 3.65. The highest BCUT2D eigenvalue weighted by atomic mass is 35.5. The maximum absolute atomic E-state index is 12.6. The maximum atomic E-state index is 12.6. The lowest BCUT2D eigenvalue weighted by Gasteiger charge is -2.30. The van der Waals surface area contributed by atoms with E-state index in [9.17, 15) is 4.79 Å². The Morgan fingerprint density at radius 1 is 1.29 bits per heavy atom. The van der Waals surface area contributed by atoms with Gasteiger partial charge in [-0.3, -0.25) is 4.79 Å². The molecule has 0 aliphatic heterocycles. The first-order valence-electron chi connectivity index (χ1n) is 6.79. The molecule has 1 aromatic rings. The van der Waals surface area contributed by atoms with Crippen LogP contribution in [0.1, 0.15) is 32.4 Å². The number of halogens is 1. The number of amidine groups is 1. The van der Waals surface area contributed by atoms with Gasteiger partial charge in [0.15, 0.2) is 5.84 Å². The Labute approximate surface area is 130 Å². The highest BCUT2D eigenvalue weighted by Gasteiger charge is 2.31. The summed E-state index contributed by atoms with van der Waals surface area (Å²) in [5, 5.41) is 12.5. The number of nitrogens with zero attached hydrogens (tertiary/aromatic N) is 2. The molecule has 0 saturated heterocycles. The second-order valence-electron chi connectivity index (χ2n) is 5.42. The molecule has 3 N–H and O–H groups in total. The number of amides is 1. The van der Waals surface area contributed by atoms with E-state index < -0.39 is 5.92 Å². The first kappa shape index (κ1) is 17.3. The molecule has 116 valence electrons. The van der Waals surface area contributed by atoms with Crippen LogP contribution in [-0.2, 0) is 4.79 Å². The Bertz CT molecular complexity index is 514. The summed E-state index contributed by atoms with van der Waals surface area (Å²) in [6, 6.07) is 7.20. The summed E-state index contributed by atoms with van der Waals surface area (Å²) in [4.78, 5) is 14.2. The van der Waals surface area contributed by atoms with E-state index in [0.29, 0.717) is 5.02 Å². The van der Waals surface area contributed by atoms with Crippen molar-refractivity contribution >= 4 is 23.3 Å². The number of oxime groups is 1. The lowest BCUT2D eigenvalue weighted by atomic mass is 9.92. The van der Waals surface area contributed by atoms with Gasteiger partial charge >= 0.3 is 0 Å². The van der Waals surface area contributed by atoms with E-state index in [-0.39, 0.29) is 23.7 Å². The van der Waals surface area contributed by atoms with Crippen LogP contribution in [0.3, 0.4) is 0 Å². The average Bonchev–Trinajstić information content (AvgIpc) is 2.45. The van der Waals surface area contributed by atoms with E-state index in [4.69, 9.17) is 22.5 Å². The Hall–Kier alpha value is -1.75. The molecule has 0 radical (unpaired) electrons. The third kappa shape index (κ3) is 4.11. The molecule has 0 heterocycles. The Kier molecular flexibility index (Phi) is 6.03. The number of hydrogen-bond acceptors (Lipinski definition) is 3. The van der Waals surface area contributed by atoms with Gasteiger partial charge in [-0.05, 0) is 30.5 Å². The molecule has 1 amide bonds. The minimum Gasteiger partial charge on any atom is -0.409 e. The van der Waals surface area contributed by atoms with Gasteiger partial charge in [0, 0.05) is 12.1 Å². The third-order valence-corrected chi connectivity index (χ3v) is 3.90. The molecule has 0 aliphatic carbocycles. The molecule has 2 atom stereocenters. The largest absolute Gasteiger partial charge is 0.409 e. The van der Waals surface area contributed by atoms with Crippen LogP contribution in [-0.4, -0.2) is 28.9 Å². The Morgan fingerprint density at radius 2 is 1.81 bits per heavy atom. The molecule has 0 saturated carbocycles. The lowest BCUT2D eigenvalue weighted by Crippen LogP contribution is -2.43. The minimum atomic E-state index is -0.644. The van der Waals surface area contributed by atoms with Crippen molar-refractivity contribution in [1.82, 2.24) is 4.90 Å². The molecule has 0 aromatic heterocycles. The van der Waals surface area contributed by atoms with E-state index in [0.717, 1.165) is 5.56 Å². The highest BCUT2D eigenvalue weighted by Crippen LogP contribution is 2.24. The molecule has 2 unspecified atom stereocenters. The van der Waals surface area contributed by atoms with Crippen LogP contribution in [0.2, 0.25) is 5.02 Å². The quantitative estimate of drug-likeness (QED) is 0.380. The van der Waals surface area contributed by atoms with Crippen molar-refractivity contribution in [2.75, 3.05) is 7.05 Å². The van der Waals surface area contributed by atoms with Crippen molar-refractivity contribution in [3.63, 3.8) is 0 Å². The van der Waals surface area contributed by atoms with Crippen molar-refractivity contribution in [2.45, 2.75) is 26.8 Å². The van der Waals surface area contributed by atoms with Gasteiger partial charge in [-0.2, -0.15) is 0 Å². The fourth-order valence-corrected chi connectivity index (χ4v) is 2.32. The van der Waals surface area contributed by atoms with Crippen molar-refractivity contribution in [2.24, 2.45) is 22.7 Å². The zero-order valence-corrected chi connectivity index (χ0v) is 13.5. The number of rotatable bonds is 5. The molecule has 6 heteroatoms. The van der Waals surface area contributed by atoms with Crippen LogP contribution in [0.5, 0.6) is 0 Å². The fraction of sp³-hybridized carbons (Fsp3) is 0.467. The van der Waals surface area contributed by atoms with Crippen molar-refractivity contribution in [1.29, 1.82) is 0 Å². The average molecular weight is 312 g/mol. The maximum Gasteiger partial charge on any atom is 0.233 e. The minimum absolute atomic E-state index is 0.0618. The molecule has 1 rings (SSSR count). The zero-order valence-electron chi connectivity index (χ0n) is 12.7. The van der Waals surface area contributed by atoms with Gasteiger partial charge in [-0.15, -0.1) is 0 Å². The van der Waals surface area contributed by atoms with Crippen LogP contribution in [0.4, 0.5) is 0 Å². The summed E-state index contributed by atoms with van der Waals surface area (Å²) in [6.45, 7) is 5.65. The van der Waals surface area contributed by atoms with E-state index in [1.54, 1.807) is 24.1 Å². The summed E-state index contributed by atoms with van der Waals surface area (Å²) < 4.78 is 0. The lowest BCUT2D eigenvalue weighted by molar-refractivity contribution is -0.135. The second-order valence-corrected chi connectivity index (χ2v) is 5.86. The van der Waals surface area contributed by atoms with Gasteiger partial charge in [0.05, 0.1) is 6.04 Å². The summed E-state index contributed by atoms with van der Waals surface area (Å²) in [7, 11) is 1.71. The van der Waals surface area contributed by atoms with Gasteiger partial charge in [-0.1, -0.05) is 42.7 Å². The number of nitrogens with two attached hydrogens (primary N) is 1. The summed E-state index contributed by atoms with van der Waals surface area (Å²) >= 11 is 5.87. The second kappa shape index (κ2) is 7.31. The predicted molar refractivity (Wildman–Crippen MR) is 84.4 cm³/mol. The van der Waals surface area contributed by atoms with Gasteiger partial charge < -0.3 is 15.8 Å². The van der Waals surface area contributed by atoms with Crippen molar-refractivity contribution in [3.8, 4) is 0 Å². The van der Waals surface area contributed by atoms with Gasteiger partial charge in [0.2, 0.25) is 5.91 Å². The topological polar surface area (TPSA) is 78.9 Å². The predicted octanol–water partition coefficient (Wildman–Crippen LogP) is 2.88. The molecule has 1 aromatic carbocycles. The molecule has 0 bridgehead atoms. The summed E-state index contributed by atoms with van der Waals surface area (Å²) in [5.74, 6) is -0.948. The number of benzene rings is 1. The van der Waals surface area contributed by atoms with Crippen LogP contribution >= 0.6 is 11.6 Å². The standard InChI is InChI=1S/C15H22ClN3O2/c1-9(2)13(14(17)18-21)15(20)19(4)10(3)11-5-7-12(16)8-6-11/h5-10,13,21H,1-4H3,(H2,17,18). The fourth-order valence-electron chi connectivity index (χ4n) is 2.19. The number of carbonyl (C=O) groups excluding carboxylic acids is 1. The van der Waals surface area contributed by atoms with Gasteiger partial charge in [0.1, 0.15) is 5.92 Å². The normalized spacial score (nSPS) is 14.9. The molecular weight excluding hydrogens is 290 g/mol. The van der Waals surface area contributed by atoms with Crippen LogP contribution in [0, 0.1) is 11.8 Å². The Balaban J connectivity index is 2.97. The van der Waals surface area contributed by atoms with Crippen LogP contribution in [0.15, 0.2) is 29.4 Å². The van der Waals surface area contributed by atoms with Crippen molar-refractivity contribution < 1.29 is 10.0 Å². The molecule has 0 spiro atoms. The van der Waals surface area contributed by atoms with Gasteiger partial charge in [0.25, 0.3) is 0 Å². The highest BCUT2D eigenvalue weighted by molar-refractivity contribution is 6.30. The van der Waals surface area contributed by atoms with E-state index >= 15 is 0 Å². The zero-order chi connectivity index (χ0) is 16.2. The molecular formula is C15H22ClN3O2. The first-order valence-corrected chi connectivity index (χ1v) is 7.17. The SMILES string of the molecule is CC(C)C(C(=O)N(C)C(C)c1ccc(Cl)cc1)C(N)=NO. The smallest absolute Gasteiger partial charge is 0.233 e. The van der Waals surface area contributed by atoms with E-state index in [2.05, 4.69) is 5.16 Å². The molecule has 0 aliphatic rings. The molecule has 0 fully saturated rings. The summed E-state index contributed by atoms with van der Waals surface area (Å²) in [5.41, 5.74) is 6.62. The number of carbonyl (C=O) groups is 1. The Morgan fingerprint density at radius 3 is 2.24 bits per heavy atom. The number of hydrogen-bond donors (Lipinski definition) is 2. The van der Waals surface area contributed by atoms with Crippen LogP contribution in [0.25, 0.3) is 0 Å². The summed E-state index contributed by atoms with van der Waals surface area (Å²) in [6.07, 6.45) is 0. The molecule has 5 nitrogen and oxygen atoms in total. The van der Waals surface area contributed by atoms with E-state index in [1.165, 1.54) is 0 Å². The molecule has 21 heavy (non-hydrogen) atoms. The van der Waals surface area contributed by atoms with Crippen LogP contribution < -0.4 is 5.73 Å². The van der Waals surface area contributed by atoms with Crippen molar-refractivity contribution in [3.05, 3.63) is 34.9 Å². The van der Waals surface area contributed by atoms with E-state index in [1.807, 2.05) is 32.9 Å². The monoisotopic (exact) mass is 311 g/mol.